The number of esters is 1. The zero-order chi connectivity index (χ0) is 12.6. The largest absolute Gasteiger partial charge is 0.507 e. The molecule has 4 nitrogen and oxygen atoms in total. The summed E-state index contributed by atoms with van der Waals surface area (Å²) in [5, 5.41) is 10.1. The number of ether oxygens (including phenoxy) is 1. The lowest BCUT2D eigenvalue weighted by atomic mass is 10.2. The molecule has 2 aromatic rings. The number of carbonyl (C=O) groups excluding carboxylic acids is 1. The Bertz CT molecular complexity index is 560. The second-order valence-electron chi connectivity index (χ2n) is 4.80. The van der Waals surface area contributed by atoms with E-state index >= 15 is 0 Å². The number of phenols is 1. The van der Waals surface area contributed by atoms with Crippen molar-refractivity contribution in [3.8, 4) is 5.75 Å². The second-order valence-corrected chi connectivity index (χ2v) is 4.80. The van der Waals surface area contributed by atoms with Crippen LogP contribution >= 0.6 is 0 Å². The molecule has 1 aromatic carbocycles. The van der Waals surface area contributed by atoms with E-state index in [2.05, 4.69) is 0 Å². The summed E-state index contributed by atoms with van der Waals surface area (Å²) in [6.07, 6.45) is 0. The Kier molecular flexibility index (Phi) is 2.58. The topological polar surface area (TPSA) is 59.7 Å². The quantitative estimate of drug-likeness (QED) is 0.770. The molecule has 1 N–H and O–H groups in total. The number of hydrogen-bond donors (Lipinski definition) is 1. The van der Waals surface area contributed by atoms with Gasteiger partial charge >= 0.3 is 5.97 Å². The molecule has 0 saturated heterocycles. The van der Waals surface area contributed by atoms with Crippen LogP contribution in [0.2, 0.25) is 0 Å². The molecule has 4 heteroatoms. The van der Waals surface area contributed by atoms with Gasteiger partial charge in [-0.1, -0.05) is 6.07 Å². The maximum atomic E-state index is 11.7. The summed E-state index contributed by atoms with van der Waals surface area (Å²) >= 11 is 0. The van der Waals surface area contributed by atoms with Crippen LogP contribution in [0, 0.1) is 0 Å². The molecule has 0 spiro atoms. The van der Waals surface area contributed by atoms with E-state index in [9.17, 15) is 9.90 Å². The number of rotatable bonds is 1. The van der Waals surface area contributed by atoms with Crippen molar-refractivity contribution >= 4 is 16.9 Å². The molecule has 0 atom stereocenters. The van der Waals surface area contributed by atoms with Crippen molar-refractivity contribution in [2.24, 2.45) is 0 Å². The molecule has 0 radical (unpaired) electrons. The second kappa shape index (κ2) is 3.80. The first-order valence-electron chi connectivity index (χ1n) is 5.32. The van der Waals surface area contributed by atoms with Gasteiger partial charge in [0.15, 0.2) is 0 Å². The molecule has 1 heterocycles. The molecule has 0 amide bonds. The number of benzene rings is 1. The summed E-state index contributed by atoms with van der Waals surface area (Å²) in [6, 6.07) is 6.36. The summed E-state index contributed by atoms with van der Waals surface area (Å²) in [6.45, 7) is 5.35. The van der Waals surface area contributed by atoms with Gasteiger partial charge in [0.05, 0.1) is 5.39 Å². The van der Waals surface area contributed by atoms with E-state index in [-0.39, 0.29) is 11.5 Å². The SMILES string of the molecule is CC(C)(C)OC(=O)c1cc2c(O)cccc2o1. The Balaban J connectivity index is 2.37. The molecule has 17 heavy (non-hydrogen) atoms. The van der Waals surface area contributed by atoms with Gasteiger partial charge in [-0.25, -0.2) is 4.79 Å². The number of phenolic OH excluding ortho intramolecular Hbond substituents is 1. The minimum atomic E-state index is -0.571. The van der Waals surface area contributed by atoms with Crippen LogP contribution < -0.4 is 0 Å². The molecule has 0 saturated carbocycles. The molecule has 0 aliphatic carbocycles. The average molecular weight is 234 g/mol. The minimum absolute atomic E-state index is 0.0843. The lowest BCUT2D eigenvalue weighted by Gasteiger charge is -2.18. The normalized spacial score (nSPS) is 11.7. The maximum absolute atomic E-state index is 11.7. The van der Waals surface area contributed by atoms with Crippen LogP contribution in [0.25, 0.3) is 11.0 Å². The van der Waals surface area contributed by atoms with Crippen molar-refractivity contribution < 1.29 is 19.1 Å². The van der Waals surface area contributed by atoms with Crippen molar-refractivity contribution in [3.05, 3.63) is 30.0 Å². The van der Waals surface area contributed by atoms with Crippen molar-refractivity contribution in [1.82, 2.24) is 0 Å². The van der Waals surface area contributed by atoms with Crippen molar-refractivity contribution in [1.29, 1.82) is 0 Å². The highest BCUT2D eigenvalue weighted by atomic mass is 16.6. The van der Waals surface area contributed by atoms with Crippen molar-refractivity contribution in [2.45, 2.75) is 26.4 Å². The van der Waals surface area contributed by atoms with Gasteiger partial charge in [0.1, 0.15) is 16.9 Å². The summed E-state index contributed by atoms with van der Waals surface area (Å²) < 4.78 is 10.5. The smallest absolute Gasteiger partial charge is 0.374 e. The Morgan fingerprint density at radius 3 is 2.65 bits per heavy atom. The number of furan rings is 1. The van der Waals surface area contributed by atoms with Gasteiger partial charge in [-0.15, -0.1) is 0 Å². The number of carbonyl (C=O) groups is 1. The van der Waals surface area contributed by atoms with Crippen LogP contribution in [0.15, 0.2) is 28.7 Å². The van der Waals surface area contributed by atoms with Crippen LogP contribution in [0.3, 0.4) is 0 Å². The van der Waals surface area contributed by atoms with E-state index < -0.39 is 11.6 Å². The van der Waals surface area contributed by atoms with E-state index in [0.717, 1.165) is 0 Å². The van der Waals surface area contributed by atoms with Crippen LogP contribution in [0.4, 0.5) is 0 Å². The molecule has 1 aromatic heterocycles. The Morgan fingerprint density at radius 1 is 1.35 bits per heavy atom. The highest BCUT2D eigenvalue weighted by Crippen LogP contribution is 2.28. The van der Waals surface area contributed by atoms with E-state index in [0.29, 0.717) is 11.0 Å². The van der Waals surface area contributed by atoms with Gasteiger partial charge in [-0.2, -0.15) is 0 Å². The van der Waals surface area contributed by atoms with Gasteiger partial charge in [-0.05, 0) is 32.9 Å². The minimum Gasteiger partial charge on any atom is -0.507 e. The molecule has 0 aliphatic heterocycles. The molecule has 0 aliphatic rings. The van der Waals surface area contributed by atoms with E-state index in [4.69, 9.17) is 9.15 Å². The standard InChI is InChI=1S/C13H14O4/c1-13(2,3)17-12(15)11-7-8-9(14)5-4-6-10(8)16-11/h4-7,14H,1-3H3. The van der Waals surface area contributed by atoms with Gasteiger partial charge in [0, 0.05) is 6.07 Å². The number of hydrogen-bond acceptors (Lipinski definition) is 4. The van der Waals surface area contributed by atoms with E-state index in [1.54, 1.807) is 32.9 Å². The van der Waals surface area contributed by atoms with Gasteiger partial charge in [0.25, 0.3) is 0 Å². The molecule has 0 fully saturated rings. The molecular weight excluding hydrogens is 220 g/mol. The Morgan fingerprint density at radius 2 is 2.06 bits per heavy atom. The first-order valence-corrected chi connectivity index (χ1v) is 5.32. The fourth-order valence-electron chi connectivity index (χ4n) is 1.47. The van der Waals surface area contributed by atoms with Gasteiger partial charge < -0.3 is 14.3 Å². The zero-order valence-electron chi connectivity index (χ0n) is 9.98. The maximum Gasteiger partial charge on any atom is 0.374 e. The number of aromatic hydroxyl groups is 1. The molecule has 2 rings (SSSR count). The van der Waals surface area contributed by atoms with Crippen molar-refractivity contribution in [2.75, 3.05) is 0 Å². The highest BCUT2D eigenvalue weighted by molar-refractivity contribution is 5.94. The fourth-order valence-corrected chi connectivity index (χ4v) is 1.47. The Hall–Kier alpha value is -1.97. The van der Waals surface area contributed by atoms with Gasteiger partial charge in [0.2, 0.25) is 5.76 Å². The molecular formula is C13H14O4. The predicted octanol–water partition coefficient (Wildman–Crippen LogP) is 3.09. The molecule has 90 valence electrons. The van der Waals surface area contributed by atoms with Crippen LogP contribution in [0.1, 0.15) is 31.3 Å². The zero-order valence-corrected chi connectivity index (χ0v) is 9.98. The highest BCUT2D eigenvalue weighted by Gasteiger charge is 2.21. The van der Waals surface area contributed by atoms with E-state index in [1.807, 2.05) is 0 Å². The van der Waals surface area contributed by atoms with Crippen LogP contribution in [-0.4, -0.2) is 16.7 Å². The first-order chi connectivity index (χ1) is 7.87. The third-order valence-electron chi connectivity index (χ3n) is 2.14. The molecule has 0 unspecified atom stereocenters. The predicted molar refractivity (Wildman–Crippen MR) is 63.0 cm³/mol. The fraction of sp³-hybridized carbons (Fsp3) is 0.308. The van der Waals surface area contributed by atoms with Gasteiger partial charge in [-0.3, -0.25) is 0 Å². The summed E-state index contributed by atoms with van der Waals surface area (Å²) in [4.78, 5) is 11.7. The van der Waals surface area contributed by atoms with Crippen LogP contribution in [-0.2, 0) is 4.74 Å². The summed E-state index contributed by atoms with van der Waals surface area (Å²) in [5.74, 6) is -0.356. The number of fused-ring (bicyclic) bond motifs is 1. The third-order valence-corrected chi connectivity index (χ3v) is 2.14. The summed E-state index contributed by atoms with van der Waals surface area (Å²) in [7, 11) is 0. The third kappa shape index (κ3) is 2.41. The Labute approximate surface area is 98.8 Å². The lowest BCUT2D eigenvalue weighted by Crippen LogP contribution is -2.23. The first kappa shape index (κ1) is 11.5. The summed E-state index contributed by atoms with van der Waals surface area (Å²) in [5.41, 5.74) is -0.108. The average Bonchev–Trinajstić information content (AvgIpc) is 2.60. The van der Waals surface area contributed by atoms with Crippen LogP contribution in [0.5, 0.6) is 5.75 Å². The lowest BCUT2D eigenvalue weighted by molar-refractivity contribution is 0.00382. The molecule has 0 bridgehead atoms. The van der Waals surface area contributed by atoms with Crippen molar-refractivity contribution in [3.63, 3.8) is 0 Å². The monoisotopic (exact) mass is 234 g/mol. The van der Waals surface area contributed by atoms with E-state index in [1.165, 1.54) is 12.1 Å².